The van der Waals surface area contributed by atoms with Crippen LogP contribution in [-0.2, 0) is 6.18 Å². The smallest absolute Gasteiger partial charge is 0.418 e. The van der Waals surface area contributed by atoms with E-state index >= 15 is 0 Å². The molecular weight excluding hydrogens is 231 g/mol. The summed E-state index contributed by atoms with van der Waals surface area (Å²) in [6.45, 7) is 2.79. The Kier molecular flexibility index (Phi) is 3.56. The lowest BCUT2D eigenvalue weighted by atomic mass is 9.99. The van der Waals surface area contributed by atoms with E-state index in [-0.39, 0.29) is 22.6 Å². The van der Waals surface area contributed by atoms with E-state index in [4.69, 9.17) is 10.5 Å². The third-order valence-electron chi connectivity index (χ3n) is 2.29. The van der Waals surface area contributed by atoms with Gasteiger partial charge in [0, 0.05) is 11.1 Å². The van der Waals surface area contributed by atoms with Crippen molar-refractivity contribution in [3.8, 4) is 17.6 Å². The molecule has 0 aliphatic heterocycles. The van der Waals surface area contributed by atoms with Crippen molar-refractivity contribution in [3.63, 3.8) is 0 Å². The normalized spacial score (nSPS) is 10.7. The van der Waals surface area contributed by atoms with E-state index in [0.29, 0.717) is 0 Å². The lowest BCUT2D eigenvalue weighted by Gasteiger charge is -2.17. The Morgan fingerprint density at radius 3 is 2.35 bits per heavy atom. The fourth-order valence-electron chi connectivity index (χ4n) is 1.69. The first-order valence-corrected chi connectivity index (χ1v) is 4.80. The van der Waals surface area contributed by atoms with Crippen molar-refractivity contribution >= 4 is 5.69 Å². The summed E-state index contributed by atoms with van der Waals surface area (Å²) >= 11 is 0. The summed E-state index contributed by atoms with van der Waals surface area (Å²) in [6.07, 6.45) is -4.48. The van der Waals surface area contributed by atoms with Gasteiger partial charge in [0.05, 0.1) is 18.4 Å². The molecule has 92 valence electrons. The minimum atomic E-state index is -4.48. The van der Waals surface area contributed by atoms with Gasteiger partial charge in [-0.25, -0.2) is 0 Å². The van der Waals surface area contributed by atoms with Crippen LogP contribution in [0.5, 0.6) is 5.75 Å². The van der Waals surface area contributed by atoms with Crippen molar-refractivity contribution in [3.05, 3.63) is 22.8 Å². The third-order valence-corrected chi connectivity index (χ3v) is 2.29. The predicted octanol–water partition coefficient (Wildman–Crippen LogP) is 2.98. The van der Waals surface area contributed by atoms with E-state index in [1.165, 1.54) is 27.0 Å². The summed E-state index contributed by atoms with van der Waals surface area (Å²) in [4.78, 5) is 0. The summed E-state index contributed by atoms with van der Waals surface area (Å²) in [5.41, 5.74) is 4.80. The molecule has 17 heavy (non-hydrogen) atoms. The van der Waals surface area contributed by atoms with Gasteiger partial charge in [-0.05, 0) is 19.9 Å². The molecule has 0 radical (unpaired) electrons. The molecule has 0 fully saturated rings. The van der Waals surface area contributed by atoms with Crippen molar-refractivity contribution in [2.24, 2.45) is 0 Å². The molecule has 0 aliphatic rings. The highest BCUT2D eigenvalue weighted by atomic mass is 19.4. The van der Waals surface area contributed by atoms with E-state index in [1.54, 1.807) is 0 Å². The largest absolute Gasteiger partial charge is 0.494 e. The van der Waals surface area contributed by atoms with E-state index < -0.39 is 11.7 Å². The molecule has 0 aromatic heterocycles. The molecule has 0 heterocycles. The number of hydrogen-bond donors (Lipinski definition) is 1. The average molecular weight is 243 g/mol. The number of methoxy groups -OCH3 is 1. The minimum Gasteiger partial charge on any atom is -0.494 e. The van der Waals surface area contributed by atoms with Gasteiger partial charge < -0.3 is 10.5 Å². The number of hydrogen-bond acceptors (Lipinski definition) is 2. The highest BCUT2D eigenvalue weighted by Gasteiger charge is 2.36. The second-order valence-electron chi connectivity index (χ2n) is 3.42. The van der Waals surface area contributed by atoms with Crippen molar-refractivity contribution in [1.82, 2.24) is 0 Å². The average Bonchev–Trinajstić information content (AvgIpc) is 2.15. The topological polar surface area (TPSA) is 35.2 Å². The van der Waals surface area contributed by atoms with Crippen LogP contribution in [0, 0.1) is 18.8 Å². The van der Waals surface area contributed by atoms with Crippen LogP contribution >= 0.6 is 0 Å². The van der Waals surface area contributed by atoms with Crippen LogP contribution in [0.1, 0.15) is 23.6 Å². The van der Waals surface area contributed by atoms with Crippen LogP contribution in [0.3, 0.4) is 0 Å². The van der Waals surface area contributed by atoms with Gasteiger partial charge in [-0.3, -0.25) is 0 Å². The van der Waals surface area contributed by atoms with Gasteiger partial charge in [-0.2, -0.15) is 13.2 Å². The summed E-state index contributed by atoms with van der Waals surface area (Å²) in [6, 6.07) is 1.19. The molecule has 5 heteroatoms. The zero-order valence-corrected chi connectivity index (χ0v) is 9.70. The lowest BCUT2D eigenvalue weighted by molar-refractivity contribution is -0.138. The Hall–Kier alpha value is -1.83. The first-order valence-electron chi connectivity index (χ1n) is 4.80. The predicted molar refractivity (Wildman–Crippen MR) is 59.7 cm³/mol. The maximum absolute atomic E-state index is 12.9. The van der Waals surface area contributed by atoms with Crippen LogP contribution in [0.4, 0.5) is 18.9 Å². The number of anilines is 1. The maximum Gasteiger partial charge on any atom is 0.418 e. The molecule has 1 rings (SSSR count). The number of nitrogen functional groups attached to an aromatic ring is 1. The van der Waals surface area contributed by atoms with Crippen molar-refractivity contribution in [2.45, 2.75) is 20.0 Å². The minimum absolute atomic E-state index is 0.0407. The molecule has 2 N–H and O–H groups in total. The van der Waals surface area contributed by atoms with Crippen LogP contribution in [0.25, 0.3) is 0 Å². The molecule has 0 atom stereocenters. The van der Waals surface area contributed by atoms with E-state index in [0.717, 1.165) is 0 Å². The van der Waals surface area contributed by atoms with E-state index in [1.807, 2.05) is 0 Å². The summed E-state index contributed by atoms with van der Waals surface area (Å²) in [5, 5.41) is 0. The molecule has 0 amide bonds. The van der Waals surface area contributed by atoms with Gasteiger partial charge in [0.25, 0.3) is 0 Å². The van der Waals surface area contributed by atoms with Gasteiger partial charge >= 0.3 is 6.18 Å². The first kappa shape index (κ1) is 13.2. The molecule has 0 bridgehead atoms. The number of rotatable bonds is 1. The second-order valence-corrected chi connectivity index (χ2v) is 3.42. The molecule has 1 aromatic rings. The maximum atomic E-state index is 12.9. The highest BCUT2D eigenvalue weighted by Crippen LogP contribution is 2.40. The monoisotopic (exact) mass is 243 g/mol. The lowest BCUT2D eigenvalue weighted by Crippen LogP contribution is -2.12. The zero-order chi connectivity index (χ0) is 13.2. The number of benzene rings is 1. The number of alkyl halides is 3. The molecule has 0 saturated heterocycles. The van der Waals surface area contributed by atoms with Gasteiger partial charge in [0.1, 0.15) is 5.75 Å². The fraction of sp³-hybridized carbons (Fsp3) is 0.333. The van der Waals surface area contributed by atoms with Gasteiger partial charge in [-0.15, -0.1) is 5.92 Å². The molecular formula is C12H12F3NO. The number of ether oxygens (including phenoxy) is 1. The van der Waals surface area contributed by atoms with Crippen molar-refractivity contribution in [2.75, 3.05) is 12.8 Å². The molecule has 0 spiro atoms. The number of nitrogens with two attached hydrogens (primary N) is 1. The Morgan fingerprint density at radius 2 is 1.94 bits per heavy atom. The standard InChI is InChI=1S/C12H12F3NO/c1-4-5-8-6-9(16)11(17-3)7(2)10(8)12(13,14)15/h6H,16H2,1-3H3. The Morgan fingerprint density at radius 1 is 1.35 bits per heavy atom. The summed E-state index contributed by atoms with van der Waals surface area (Å²) in [5.74, 6) is 4.89. The molecule has 0 unspecified atom stereocenters. The summed E-state index contributed by atoms with van der Waals surface area (Å²) in [7, 11) is 1.28. The Bertz CT molecular complexity index is 495. The molecule has 0 saturated carbocycles. The molecule has 0 aliphatic carbocycles. The van der Waals surface area contributed by atoms with Crippen LogP contribution < -0.4 is 10.5 Å². The van der Waals surface area contributed by atoms with Crippen molar-refractivity contribution in [1.29, 1.82) is 0 Å². The highest BCUT2D eigenvalue weighted by molar-refractivity contribution is 5.65. The molecule has 1 aromatic carbocycles. The SMILES string of the molecule is CC#Cc1cc(N)c(OC)c(C)c1C(F)(F)F. The van der Waals surface area contributed by atoms with E-state index in [2.05, 4.69) is 11.8 Å². The van der Waals surface area contributed by atoms with Crippen LogP contribution in [0.2, 0.25) is 0 Å². The molecule has 2 nitrogen and oxygen atoms in total. The zero-order valence-electron chi connectivity index (χ0n) is 9.70. The Labute approximate surface area is 97.6 Å². The quantitative estimate of drug-likeness (QED) is 0.608. The van der Waals surface area contributed by atoms with Crippen LogP contribution in [-0.4, -0.2) is 7.11 Å². The second kappa shape index (κ2) is 4.58. The third kappa shape index (κ3) is 2.47. The number of halogens is 3. The van der Waals surface area contributed by atoms with Gasteiger partial charge in [0.15, 0.2) is 0 Å². The van der Waals surface area contributed by atoms with Gasteiger partial charge in [-0.1, -0.05) is 5.92 Å². The summed E-state index contributed by atoms with van der Waals surface area (Å²) < 4.78 is 43.6. The van der Waals surface area contributed by atoms with E-state index in [9.17, 15) is 13.2 Å². The fourth-order valence-corrected chi connectivity index (χ4v) is 1.69. The Balaban J connectivity index is 3.67. The van der Waals surface area contributed by atoms with Crippen LogP contribution in [0.15, 0.2) is 6.07 Å². The van der Waals surface area contributed by atoms with Crippen molar-refractivity contribution < 1.29 is 17.9 Å². The first-order chi connectivity index (χ1) is 7.82. The van der Waals surface area contributed by atoms with Gasteiger partial charge in [0.2, 0.25) is 0 Å².